The number of carbonyl (C=O) groups excluding carboxylic acids is 1. The summed E-state index contributed by atoms with van der Waals surface area (Å²) in [6, 6.07) is 4.59. The van der Waals surface area contributed by atoms with E-state index in [0.29, 0.717) is 5.56 Å². The minimum atomic E-state index is -0.649. The van der Waals surface area contributed by atoms with E-state index in [1.807, 2.05) is 0 Å². The first-order valence-corrected chi connectivity index (χ1v) is 5.42. The number of hydrogen-bond donors (Lipinski definition) is 0. The largest absolute Gasteiger partial charge is 0.466 e. The molecule has 0 saturated carbocycles. The number of halogens is 2. The van der Waals surface area contributed by atoms with Crippen molar-refractivity contribution in [1.82, 2.24) is 0 Å². The van der Waals surface area contributed by atoms with Crippen LogP contribution in [0.15, 0.2) is 16.6 Å². The van der Waals surface area contributed by atoms with Crippen LogP contribution in [-0.2, 0) is 16.0 Å². The third kappa shape index (κ3) is 2.80. The highest BCUT2D eigenvalue weighted by molar-refractivity contribution is 9.10. The second-order valence-electron chi connectivity index (χ2n) is 2.99. The highest BCUT2D eigenvalue weighted by Crippen LogP contribution is 2.24. The monoisotopic (exact) mass is 285 g/mol. The van der Waals surface area contributed by atoms with Crippen LogP contribution >= 0.6 is 15.9 Å². The molecule has 0 heterocycles. The van der Waals surface area contributed by atoms with Crippen molar-refractivity contribution in [3.8, 4) is 6.07 Å². The van der Waals surface area contributed by atoms with Crippen molar-refractivity contribution in [3.63, 3.8) is 0 Å². The fraction of sp³-hybridized carbons (Fsp3) is 0.273. The molecule has 5 heteroatoms. The van der Waals surface area contributed by atoms with Crippen LogP contribution < -0.4 is 0 Å². The minimum Gasteiger partial charge on any atom is -0.466 e. The van der Waals surface area contributed by atoms with Crippen LogP contribution in [0.4, 0.5) is 4.39 Å². The Bertz CT molecular complexity index is 454. The lowest BCUT2D eigenvalue weighted by atomic mass is 10.1. The Kier molecular flexibility index (Phi) is 4.44. The Hall–Kier alpha value is -1.41. The van der Waals surface area contributed by atoms with Crippen molar-refractivity contribution in [2.24, 2.45) is 0 Å². The van der Waals surface area contributed by atoms with E-state index in [4.69, 9.17) is 10.00 Å². The van der Waals surface area contributed by atoms with E-state index < -0.39 is 11.8 Å². The highest BCUT2D eigenvalue weighted by Gasteiger charge is 2.13. The molecule has 0 aliphatic carbocycles. The molecule has 0 radical (unpaired) electrons. The van der Waals surface area contributed by atoms with Gasteiger partial charge in [0.05, 0.1) is 23.1 Å². The summed E-state index contributed by atoms with van der Waals surface area (Å²) in [4.78, 5) is 11.2. The number of nitrogens with zero attached hydrogens (tertiary/aromatic N) is 1. The predicted octanol–water partition coefficient (Wildman–Crippen LogP) is 2.57. The van der Waals surface area contributed by atoms with Crippen LogP contribution in [0.5, 0.6) is 0 Å². The molecule has 0 amide bonds. The number of rotatable bonds is 3. The topological polar surface area (TPSA) is 50.1 Å². The molecule has 0 aromatic heterocycles. The van der Waals surface area contributed by atoms with Gasteiger partial charge in [-0.2, -0.15) is 5.26 Å². The van der Waals surface area contributed by atoms with E-state index in [1.165, 1.54) is 12.1 Å². The Morgan fingerprint density at radius 3 is 2.88 bits per heavy atom. The summed E-state index contributed by atoms with van der Waals surface area (Å²) in [5.74, 6) is -1.07. The van der Waals surface area contributed by atoms with Gasteiger partial charge in [-0.25, -0.2) is 4.39 Å². The molecule has 0 aliphatic rings. The van der Waals surface area contributed by atoms with E-state index in [9.17, 15) is 9.18 Å². The zero-order valence-corrected chi connectivity index (χ0v) is 10.2. The third-order valence-electron chi connectivity index (χ3n) is 1.92. The molecule has 1 aromatic carbocycles. The Labute approximate surface area is 101 Å². The predicted molar refractivity (Wildman–Crippen MR) is 59.2 cm³/mol. The van der Waals surface area contributed by atoms with E-state index in [0.717, 1.165) is 0 Å². The summed E-state index contributed by atoms with van der Waals surface area (Å²) >= 11 is 3.02. The molecule has 84 valence electrons. The third-order valence-corrected chi connectivity index (χ3v) is 2.78. The second-order valence-corrected chi connectivity index (χ2v) is 3.79. The average Bonchev–Trinajstić information content (AvgIpc) is 2.25. The summed E-state index contributed by atoms with van der Waals surface area (Å²) in [6.07, 6.45) is -0.0168. The molecule has 0 bridgehead atoms. The van der Waals surface area contributed by atoms with Crippen LogP contribution in [-0.4, -0.2) is 12.6 Å². The summed E-state index contributed by atoms with van der Waals surface area (Å²) < 4.78 is 18.4. The van der Waals surface area contributed by atoms with Crippen LogP contribution in [0.2, 0.25) is 0 Å². The molecule has 0 saturated heterocycles. The zero-order valence-electron chi connectivity index (χ0n) is 8.59. The quantitative estimate of drug-likeness (QED) is 0.802. The first-order valence-electron chi connectivity index (χ1n) is 4.62. The number of esters is 1. The zero-order chi connectivity index (χ0) is 12.1. The Morgan fingerprint density at radius 1 is 1.62 bits per heavy atom. The summed E-state index contributed by atoms with van der Waals surface area (Å²) in [7, 11) is 0. The van der Waals surface area contributed by atoms with Gasteiger partial charge >= 0.3 is 5.97 Å². The second kappa shape index (κ2) is 5.61. The Balaban J connectivity index is 2.96. The van der Waals surface area contributed by atoms with Gasteiger partial charge in [-0.3, -0.25) is 4.79 Å². The molecule has 0 spiro atoms. The van der Waals surface area contributed by atoms with Crippen LogP contribution in [0.25, 0.3) is 0 Å². The van der Waals surface area contributed by atoms with Gasteiger partial charge in [0.2, 0.25) is 0 Å². The lowest BCUT2D eigenvalue weighted by molar-refractivity contribution is -0.142. The molecule has 0 unspecified atom stereocenters. The SMILES string of the molecule is CCOC(=O)Cc1ccc(C#N)c(F)c1Br. The molecule has 16 heavy (non-hydrogen) atoms. The first-order chi connectivity index (χ1) is 7.60. The molecule has 0 aliphatic heterocycles. The number of hydrogen-bond acceptors (Lipinski definition) is 3. The van der Waals surface area contributed by atoms with Gasteiger partial charge in [-0.15, -0.1) is 0 Å². The summed E-state index contributed by atoms with van der Waals surface area (Å²) in [5, 5.41) is 8.60. The van der Waals surface area contributed by atoms with Gasteiger partial charge in [-0.1, -0.05) is 6.07 Å². The molecule has 0 atom stereocenters. The van der Waals surface area contributed by atoms with Gasteiger partial charge in [0.1, 0.15) is 6.07 Å². The number of carbonyl (C=O) groups is 1. The fourth-order valence-electron chi connectivity index (χ4n) is 1.18. The van der Waals surface area contributed by atoms with Crippen molar-refractivity contribution in [2.45, 2.75) is 13.3 Å². The van der Waals surface area contributed by atoms with E-state index in [2.05, 4.69) is 15.9 Å². The maximum Gasteiger partial charge on any atom is 0.310 e. The van der Waals surface area contributed by atoms with Crippen LogP contribution in [0, 0.1) is 17.1 Å². The normalized spacial score (nSPS) is 9.62. The standard InChI is InChI=1S/C11H9BrFNO2/c1-2-16-9(15)5-7-3-4-8(6-14)11(13)10(7)12/h3-4H,2,5H2,1H3. The molecule has 0 N–H and O–H groups in total. The number of ether oxygens (including phenoxy) is 1. The maximum absolute atomic E-state index is 13.5. The van der Waals surface area contributed by atoms with Crippen LogP contribution in [0.1, 0.15) is 18.1 Å². The van der Waals surface area contributed by atoms with Crippen molar-refractivity contribution >= 4 is 21.9 Å². The van der Waals surface area contributed by atoms with E-state index in [1.54, 1.807) is 13.0 Å². The minimum absolute atomic E-state index is 0.0168. The highest BCUT2D eigenvalue weighted by atomic mass is 79.9. The van der Waals surface area contributed by atoms with Gasteiger partial charge in [0, 0.05) is 0 Å². The van der Waals surface area contributed by atoms with Crippen molar-refractivity contribution in [1.29, 1.82) is 5.26 Å². The average molecular weight is 286 g/mol. The fourth-order valence-corrected chi connectivity index (χ4v) is 1.67. The molecule has 0 fully saturated rings. The van der Waals surface area contributed by atoms with Gasteiger partial charge < -0.3 is 4.74 Å². The van der Waals surface area contributed by atoms with E-state index >= 15 is 0 Å². The number of nitriles is 1. The molecular weight excluding hydrogens is 277 g/mol. The lowest BCUT2D eigenvalue weighted by Gasteiger charge is -2.06. The smallest absolute Gasteiger partial charge is 0.310 e. The first kappa shape index (κ1) is 12.7. The van der Waals surface area contributed by atoms with Crippen molar-refractivity contribution in [3.05, 3.63) is 33.5 Å². The van der Waals surface area contributed by atoms with Gasteiger partial charge in [0.15, 0.2) is 5.82 Å². The summed E-state index contributed by atoms with van der Waals surface area (Å²) in [5.41, 5.74) is 0.412. The molecule has 3 nitrogen and oxygen atoms in total. The molecular formula is C11H9BrFNO2. The van der Waals surface area contributed by atoms with Gasteiger partial charge in [0.25, 0.3) is 0 Å². The summed E-state index contributed by atoms with van der Waals surface area (Å²) in [6.45, 7) is 1.99. The Morgan fingerprint density at radius 2 is 2.31 bits per heavy atom. The van der Waals surface area contributed by atoms with Crippen molar-refractivity contribution < 1.29 is 13.9 Å². The maximum atomic E-state index is 13.5. The molecule has 1 aromatic rings. The van der Waals surface area contributed by atoms with Crippen molar-refractivity contribution in [2.75, 3.05) is 6.61 Å². The lowest BCUT2D eigenvalue weighted by Crippen LogP contribution is -2.08. The van der Waals surface area contributed by atoms with Gasteiger partial charge in [-0.05, 0) is 34.5 Å². The molecule has 1 rings (SSSR count). The van der Waals surface area contributed by atoms with Crippen LogP contribution in [0.3, 0.4) is 0 Å². The number of benzene rings is 1. The van der Waals surface area contributed by atoms with E-state index in [-0.39, 0.29) is 23.1 Å².